The van der Waals surface area contributed by atoms with Crippen molar-refractivity contribution in [1.29, 1.82) is 0 Å². The maximum absolute atomic E-state index is 13.8. The molecule has 5 rings (SSSR count). The lowest BCUT2D eigenvalue weighted by Gasteiger charge is -2.14. The van der Waals surface area contributed by atoms with Crippen LogP contribution in [0, 0.1) is 11.8 Å². The third kappa shape index (κ3) is 4.18. The van der Waals surface area contributed by atoms with Crippen molar-refractivity contribution in [3.8, 4) is 29.0 Å². The Morgan fingerprint density at radius 3 is 2.53 bits per heavy atom. The number of amides is 1. The van der Waals surface area contributed by atoms with Crippen molar-refractivity contribution in [1.82, 2.24) is 24.0 Å². The van der Waals surface area contributed by atoms with Crippen LogP contribution in [-0.2, 0) is 11.2 Å². The molecule has 36 heavy (non-hydrogen) atoms. The first-order valence-electron chi connectivity index (χ1n) is 11.8. The normalized spacial score (nSPS) is 15.1. The molecule has 9 nitrogen and oxygen atoms in total. The summed E-state index contributed by atoms with van der Waals surface area (Å²) in [5, 5.41) is 0. The topological polar surface area (TPSA) is 108 Å². The fraction of sp³-hybridized carbons (Fsp3) is 0.259. The summed E-state index contributed by atoms with van der Waals surface area (Å²) in [7, 11) is 0. The molecular weight excluding hydrogens is 456 g/mol. The lowest BCUT2D eigenvalue weighted by molar-refractivity contribution is -0.124. The second-order valence-electron chi connectivity index (χ2n) is 8.52. The van der Waals surface area contributed by atoms with Gasteiger partial charge in [0.25, 0.3) is 5.91 Å². The second kappa shape index (κ2) is 9.58. The number of likely N-dealkylation sites (tertiary alicyclic amines) is 1. The zero-order chi connectivity index (χ0) is 25.2. The number of fused-ring (bicyclic) bond motifs is 1. The van der Waals surface area contributed by atoms with Crippen LogP contribution < -0.4 is 16.2 Å². The molecule has 182 valence electrons. The Morgan fingerprint density at radius 2 is 1.83 bits per heavy atom. The average Bonchev–Trinajstić information content (AvgIpc) is 3.48. The number of nitrogens with two attached hydrogens (primary N) is 1. The van der Waals surface area contributed by atoms with Gasteiger partial charge in [-0.1, -0.05) is 31.0 Å². The number of nitrogens with zero attached hydrogens (tertiary/aromatic N) is 5. The minimum Gasteiger partial charge on any atom is -0.457 e. The van der Waals surface area contributed by atoms with Crippen LogP contribution >= 0.6 is 0 Å². The summed E-state index contributed by atoms with van der Waals surface area (Å²) in [6.45, 7) is 4.46. The van der Waals surface area contributed by atoms with Gasteiger partial charge >= 0.3 is 5.69 Å². The van der Waals surface area contributed by atoms with E-state index < -0.39 is 0 Å². The Bertz CT molecular complexity index is 1540. The summed E-state index contributed by atoms with van der Waals surface area (Å²) in [5.41, 5.74) is 7.62. The summed E-state index contributed by atoms with van der Waals surface area (Å²) in [5.74, 6) is 7.14. The fourth-order valence-corrected chi connectivity index (χ4v) is 4.52. The van der Waals surface area contributed by atoms with Gasteiger partial charge in [0, 0.05) is 19.5 Å². The van der Waals surface area contributed by atoms with Crippen LogP contribution in [0.5, 0.6) is 11.5 Å². The maximum atomic E-state index is 13.8. The van der Waals surface area contributed by atoms with Crippen LogP contribution in [0.2, 0.25) is 0 Å². The first-order valence-corrected chi connectivity index (χ1v) is 11.8. The number of carbonyl (C=O) groups is 1. The molecule has 1 fully saturated rings. The van der Waals surface area contributed by atoms with Crippen LogP contribution in [0.1, 0.15) is 32.1 Å². The molecule has 0 saturated carbocycles. The van der Waals surface area contributed by atoms with Gasteiger partial charge in [-0.25, -0.2) is 14.8 Å². The monoisotopic (exact) mass is 482 g/mol. The molecule has 9 heteroatoms. The van der Waals surface area contributed by atoms with E-state index >= 15 is 0 Å². The third-order valence-corrected chi connectivity index (χ3v) is 6.23. The molecule has 1 unspecified atom stereocenters. The lowest BCUT2D eigenvalue weighted by atomic mass is 10.2. The number of ether oxygens (including phenoxy) is 1. The molecule has 2 aromatic carbocycles. The number of hydrogen-bond donors (Lipinski definition) is 1. The van der Waals surface area contributed by atoms with E-state index in [1.807, 2.05) is 37.3 Å². The summed E-state index contributed by atoms with van der Waals surface area (Å²) in [6.07, 6.45) is 1.19. The third-order valence-electron chi connectivity index (χ3n) is 6.23. The highest BCUT2D eigenvalue weighted by atomic mass is 16.5. The Kier molecular flexibility index (Phi) is 6.17. The number of carbonyl (C=O) groups excluding carboxylic acids is 1. The number of aryl methyl sites for hydroxylation is 1. The predicted molar refractivity (Wildman–Crippen MR) is 137 cm³/mol. The molecule has 3 heterocycles. The van der Waals surface area contributed by atoms with Gasteiger partial charge < -0.3 is 15.4 Å². The second-order valence-corrected chi connectivity index (χ2v) is 8.52. The zero-order valence-electron chi connectivity index (χ0n) is 20.1. The van der Waals surface area contributed by atoms with Crippen LogP contribution in [-0.4, -0.2) is 43.0 Å². The summed E-state index contributed by atoms with van der Waals surface area (Å²) in [6, 6.07) is 16.4. The minimum atomic E-state index is -0.281. The molecule has 2 aromatic heterocycles. The van der Waals surface area contributed by atoms with E-state index in [0.29, 0.717) is 54.4 Å². The molecule has 1 saturated heterocycles. The van der Waals surface area contributed by atoms with Crippen molar-refractivity contribution in [2.75, 3.05) is 18.8 Å². The highest BCUT2D eigenvalue weighted by Crippen LogP contribution is 2.29. The number of aromatic nitrogens is 4. The number of imidazole rings is 1. The smallest absolute Gasteiger partial charge is 0.335 e. The van der Waals surface area contributed by atoms with E-state index in [2.05, 4.69) is 21.8 Å². The van der Waals surface area contributed by atoms with E-state index in [0.717, 1.165) is 5.75 Å². The molecule has 1 aliphatic heterocycles. The molecule has 1 atom stereocenters. The molecule has 1 aliphatic rings. The van der Waals surface area contributed by atoms with Gasteiger partial charge in [-0.3, -0.25) is 13.9 Å². The van der Waals surface area contributed by atoms with Gasteiger partial charge in [-0.05, 0) is 55.7 Å². The van der Waals surface area contributed by atoms with Crippen LogP contribution in [0.4, 0.5) is 5.82 Å². The molecule has 0 spiro atoms. The number of benzene rings is 2. The Morgan fingerprint density at radius 1 is 1.11 bits per heavy atom. The van der Waals surface area contributed by atoms with E-state index in [1.54, 1.807) is 40.7 Å². The van der Waals surface area contributed by atoms with Gasteiger partial charge in [0.1, 0.15) is 22.8 Å². The molecule has 0 radical (unpaired) electrons. The van der Waals surface area contributed by atoms with Crippen LogP contribution in [0.15, 0.2) is 59.4 Å². The molecule has 2 N–H and O–H groups in total. The summed E-state index contributed by atoms with van der Waals surface area (Å²) < 4.78 is 9.07. The minimum absolute atomic E-state index is 0.236. The number of para-hydroxylation sites is 1. The first kappa shape index (κ1) is 23.2. The van der Waals surface area contributed by atoms with E-state index in [1.165, 1.54) is 4.57 Å². The largest absolute Gasteiger partial charge is 0.457 e. The van der Waals surface area contributed by atoms with Gasteiger partial charge in [-0.2, -0.15) is 0 Å². The number of nitrogen functional groups attached to an aromatic ring is 1. The van der Waals surface area contributed by atoms with Crippen molar-refractivity contribution < 1.29 is 9.53 Å². The predicted octanol–water partition coefficient (Wildman–Crippen LogP) is 3.32. The lowest BCUT2D eigenvalue weighted by Crippen LogP contribution is -2.31. The maximum Gasteiger partial charge on any atom is 0.335 e. The quantitative estimate of drug-likeness (QED) is 0.437. The van der Waals surface area contributed by atoms with Gasteiger partial charge in [0.2, 0.25) is 0 Å². The van der Waals surface area contributed by atoms with E-state index in [4.69, 9.17) is 10.5 Å². The molecule has 0 aliphatic carbocycles. The number of hydrogen-bond acceptors (Lipinski definition) is 6. The highest BCUT2D eigenvalue weighted by molar-refractivity contribution is 5.93. The van der Waals surface area contributed by atoms with Crippen molar-refractivity contribution in [3.63, 3.8) is 0 Å². The zero-order valence-corrected chi connectivity index (χ0v) is 20.1. The Labute approximate surface area is 208 Å². The average molecular weight is 483 g/mol. The van der Waals surface area contributed by atoms with E-state index in [9.17, 15) is 9.59 Å². The molecule has 0 bridgehead atoms. The van der Waals surface area contributed by atoms with Gasteiger partial charge in [0.05, 0.1) is 11.7 Å². The number of anilines is 1. The van der Waals surface area contributed by atoms with Crippen molar-refractivity contribution in [2.45, 2.75) is 32.7 Å². The first-order chi connectivity index (χ1) is 17.5. The van der Waals surface area contributed by atoms with Crippen molar-refractivity contribution >= 4 is 22.9 Å². The van der Waals surface area contributed by atoms with Crippen LogP contribution in [0.25, 0.3) is 16.9 Å². The SMILES string of the molecule is CC#CC(=O)N1CCC(n2c(=O)n(-c3ccc(Oc4ccccc4)cc3)c3c(N)nc(CC)nc32)C1. The van der Waals surface area contributed by atoms with Gasteiger partial charge in [0.15, 0.2) is 11.5 Å². The van der Waals surface area contributed by atoms with Crippen molar-refractivity contribution in [3.05, 3.63) is 70.9 Å². The molecular formula is C27H26N6O3. The summed E-state index contributed by atoms with van der Waals surface area (Å²) in [4.78, 5) is 36.9. The van der Waals surface area contributed by atoms with E-state index in [-0.39, 0.29) is 23.5 Å². The van der Waals surface area contributed by atoms with Crippen LogP contribution in [0.3, 0.4) is 0 Å². The standard InChI is InChI=1S/C27H26N6O3/c1-3-8-23(34)31-16-15-19(17-31)33-26-24(25(28)29-22(4-2)30-26)32(27(33)35)18-11-13-21(14-12-18)36-20-9-6-5-7-10-20/h5-7,9-14,19H,4,15-17H2,1-2H3,(H2,28,29,30). The fourth-order valence-electron chi connectivity index (χ4n) is 4.52. The van der Waals surface area contributed by atoms with Gasteiger partial charge in [-0.15, -0.1) is 0 Å². The Balaban J connectivity index is 1.58. The molecule has 1 amide bonds. The number of rotatable bonds is 5. The molecule has 4 aromatic rings. The highest BCUT2D eigenvalue weighted by Gasteiger charge is 2.32. The Hall–Kier alpha value is -4.58. The summed E-state index contributed by atoms with van der Waals surface area (Å²) >= 11 is 0. The van der Waals surface area contributed by atoms with Crippen molar-refractivity contribution in [2.24, 2.45) is 0 Å².